The smallest absolute Gasteiger partial charge is 0.00967 e. The molecule has 2 heteroatoms. The Bertz CT molecular complexity index is 289. The molecule has 1 N–H and O–H groups in total. The highest BCUT2D eigenvalue weighted by molar-refractivity contribution is 4.92. The summed E-state index contributed by atoms with van der Waals surface area (Å²) in [5.41, 5.74) is 0.783. The first-order valence-electron chi connectivity index (χ1n) is 8.77. The van der Waals surface area contributed by atoms with E-state index in [0.717, 1.165) is 11.8 Å². The molecule has 0 aromatic heterocycles. The molecule has 0 spiro atoms. The largest absolute Gasteiger partial charge is 0.311 e. The average molecular weight is 280 g/mol. The minimum atomic E-state index is 0.246. The second-order valence-corrected chi connectivity index (χ2v) is 8.81. The Morgan fingerprint density at radius 2 is 1.55 bits per heavy atom. The van der Waals surface area contributed by atoms with Gasteiger partial charge in [0.25, 0.3) is 0 Å². The van der Waals surface area contributed by atoms with Crippen molar-refractivity contribution >= 4 is 0 Å². The lowest BCUT2D eigenvalue weighted by Crippen LogP contribution is -2.49. The Morgan fingerprint density at radius 1 is 1.00 bits per heavy atom. The van der Waals surface area contributed by atoms with Crippen LogP contribution in [0.3, 0.4) is 0 Å². The van der Waals surface area contributed by atoms with E-state index in [9.17, 15) is 0 Å². The molecule has 1 saturated carbocycles. The summed E-state index contributed by atoms with van der Waals surface area (Å²) in [5.74, 6) is 1.76. The van der Waals surface area contributed by atoms with Gasteiger partial charge < -0.3 is 10.2 Å². The zero-order valence-electron chi connectivity index (χ0n) is 14.5. The molecule has 118 valence electrons. The number of likely N-dealkylation sites (tertiary alicyclic amines) is 1. The first-order chi connectivity index (χ1) is 9.30. The summed E-state index contributed by atoms with van der Waals surface area (Å²) in [5, 5.41) is 3.80. The van der Waals surface area contributed by atoms with Crippen LogP contribution in [0, 0.1) is 17.3 Å². The van der Waals surface area contributed by atoms with Crippen LogP contribution in [0.15, 0.2) is 0 Å². The predicted molar refractivity (Wildman–Crippen MR) is 88.0 cm³/mol. The summed E-state index contributed by atoms with van der Waals surface area (Å²) in [6.07, 6.45) is 7.17. The maximum atomic E-state index is 3.80. The van der Waals surface area contributed by atoms with E-state index in [2.05, 4.69) is 44.8 Å². The van der Waals surface area contributed by atoms with Crippen LogP contribution >= 0.6 is 0 Å². The summed E-state index contributed by atoms with van der Waals surface area (Å²) in [4.78, 5) is 2.75. The topological polar surface area (TPSA) is 15.3 Å². The highest BCUT2D eigenvalue weighted by Gasteiger charge is 2.37. The van der Waals surface area contributed by atoms with Crippen molar-refractivity contribution in [3.63, 3.8) is 0 Å². The van der Waals surface area contributed by atoms with Crippen LogP contribution in [0.4, 0.5) is 0 Å². The zero-order valence-corrected chi connectivity index (χ0v) is 14.5. The molecule has 0 aromatic rings. The maximum Gasteiger partial charge on any atom is 0.00967 e. The lowest BCUT2D eigenvalue weighted by atomic mass is 9.73. The lowest BCUT2D eigenvalue weighted by Gasteiger charge is -2.42. The van der Waals surface area contributed by atoms with Gasteiger partial charge in [-0.2, -0.15) is 0 Å². The van der Waals surface area contributed by atoms with E-state index >= 15 is 0 Å². The van der Waals surface area contributed by atoms with Gasteiger partial charge in [0.2, 0.25) is 0 Å². The Morgan fingerprint density at radius 3 is 2.05 bits per heavy atom. The van der Waals surface area contributed by atoms with Crippen molar-refractivity contribution in [2.24, 2.45) is 17.3 Å². The standard InChI is InChI=1S/C18H36N2/c1-15-11-20(12-16(15)2)14-18(9-7-6-8-10-18)13-19-17(3,4)5/h15-16,19H,6-14H2,1-5H3. The number of hydrogen-bond acceptors (Lipinski definition) is 2. The number of hydrogen-bond donors (Lipinski definition) is 1. The first-order valence-corrected chi connectivity index (χ1v) is 8.77. The molecule has 0 aromatic carbocycles. The third kappa shape index (κ3) is 4.46. The van der Waals surface area contributed by atoms with Gasteiger partial charge in [-0.25, -0.2) is 0 Å². The molecule has 2 unspecified atom stereocenters. The molecule has 0 amide bonds. The van der Waals surface area contributed by atoms with E-state index in [0.29, 0.717) is 5.41 Å². The fourth-order valence-electron chi connectivity index (χ4n) is 4.00. The Labute approximate surface area is 126 Å². The summed E-state index contributed by atoms with van der Waals surface area (Å²) in [6, 6.07) is 0. The third-order valence-corrected chi connectivity index (χ3v) is 5.53. The first kappa shape index (κ1) is 16.3. The summed E-state index contributed by atoms with van der Waals surface area (Å²) in [7, 11) is 0. The van der Waals surface area contributed by atoms with E-state index in [1.807, 2.05) is 0 Å². The molecule has 0 radical (unpaired) electrons. The number of nitrogens with one attached hydrogen (secondary N) is 1. The van der Waals surface area contributed by atoms with E-state index in [-0.39, 0.29) is 5.54 Å². The predicted octanol–water partition coefficient (Wildman–Crippen LogP) is 3.91. The molecule has 1 saturated heterocycles. The molecule has 2 nitrogen and oxygen atoms in total. The van der Waals surface area contributed by atoms with Crippen molar-refractivity contribution in [1.29, 1.82) is 0 Å². The second-order valence-electron chi connectivity index (χ2n) is 8.81. The molecule has 2 aliphatic rings. The molecule has 1 heterocycles. The normalized spacial score (nSPS) is 31.6. The van der Waals surface area contributed by atoms with E-state index in [4.69, 9.17) is 0 Å². The molecular weight excluding hydrogens is 244 g/mol. The maximum absolute atomic E-state index is 3.80. The van der Waals surface area contributed by atoms with Gasteiger partial charge in [0, 0.05) is 31.7 Å². The SMILES string of the molecule is CC1CN(CC2(CNC(C)(C)C)CCCCC2)CC1C. The van der Waals surface area contributed by atoms with Gasteiger partial charge in [-0.1, -0.05) is 33.1 Å². The van der Waals surface area contributed by atoms with Crippen molar-refractivity contribution in [3.8, 4) is 0 Å². The fourth-order valence-corrected chi connectivity index (χ4v) is 4.00. The van der Waals surface area contributed by atoms with Gasteiger partial charge in [0.15, 0.2) is 0 Å². The molecule has 0 bridgehead atoms. The average Bonchev–Trinajstić information content (AvgIpc) is 2.66. The third-order valence-electron chi connectivity index (χ3n) is 5.53. The van der Waals surface area contributed by atoms with Crippen LogP contribution in [0.2, 0.25) is 0 Å². The van der Waals surface area contributed by atoms with Crippen LogP contribution in [-0.2, 0) is 0 Å². The monoisotopic (exact) mass is 280 g/mol. The summed E-state index contributed by atoms with van der Waals surface area (Å²) < 4.78 is 0. The number of nitrogens with zero attached hydrogens (tertiary/aromatic N) is 1. The van der Waals surface area contributed by atoms with Crippen LogP contribution in [0.1, 0.15) is 66.7 Å². The van der Waals surface area contributed by atoms with Gasteiger partial charge in [0.05, 0.1) is 0 Å². The van der Waals surface area contributed by atoms with E-state index < -0.39 is 0 Å². The Balaban J connectivity index is 1.96. The van der Waals surface area contributed by atoms with Crippen molar-refractivity contribution in [1.82, 2.24) is 10.2 Å². The molecule has 2 atom stereocenters. The molecular formula is C18H36N2. The van der Waals surface area contributed by atoms with Gasteiger partial charge in [0.1, 0.15) is 0 Å². The molecule has 20 heavy (non-hydrogen) atoms. The zero-order chi connectivity index (χ0) is 14.8. The lowest BCUT2D eigenvalue weighted by molar-refractivity contribution is 0.105. The molecule has 1 aliphatic carbocycles. The highest BCUT2D eigenvalue weighted by atomic mass is 15.2. The summed E-state index contributed by atoms with van der Waals surface area (Å²) in [6.45, 7) is 16.9. The highest BCUT2D eigenvalue weighted by Crippen LogP contribution is 2.38. The van der Waals surface area contributed by atoms with Crippen molar-refractivity contribution < 1.29 is 0 Å². The van der Waals surface area contributed by atoms with Crippen molar-refractivity contribution in [3.05, 3.63) is 0 Å². The molecule has 2 fully saturated rings. The van der Waals surface area contributed by atoms with Crippen molar-refractivity contribution in [2.75, 3.05) is 26.2 Å². The Hall–Kier alpha value is -0.0800. The van der Waals surface area contributed by atoms with Gasteiger partial charge >= 0.3 is 0 Å². The summed E-state index contributed by atoms with van der Waals surface area (Å²) >= 11 is 0. The van der Waals surface area contributed by atoms with Gasteiger partial charge in [-0.3, -0.25) is 0 Å². The second kappa shape index (κ2) is 6.36. The van der Waals surface area contributed by atoms with Crippen LogP contribution in [0.25, 0.3) is 0 Å². The molecule has 1 aliphatic heterocycles. The van der Waals surface area contributed by atoms with E-state index in [1.165, 1.54) is 58.3 Å². The Kier molecular flexibility index (Phi) is 5.18. The number of rotatable bonds is 4. The van der Waals surface area contributed by atoms with Gasteiger partial charge in [-0.15, -0.1) is 0 Å². The van der Waals surface area contributed by atoms with Crippen LogP contribution in [0.5, 0.6) is 0 Å². The van der Waals surface area contributed by atoms with Crippen LogP contribution < -0.4 is 5.32 Å². The minimum absolute atomic E-state index is 0.246. The molecule has 2 rings (SSSR count). The minimum Gasteiger partial charge on any atom is -0.311 e. The van der Waals surface area contributed by atoms with Gasteiger partial charge in [-0.05, 0) is 50.9 Å². The van der Waals surface area contributed by atoms with Crippen molar-refractivity contribution in [2.45, 2.75) is 72.3 Å². The van der Waals surface area contributed by atoms with E-state index in [1.54, 1.807) is 0 Å². The van der Waals surface area contributed by atoms with Crippen LogP contribution in [-0.4, -0.2) is 36.6 Å². The quantitative estimate of drug-likeness (QED) is 0.840. The fraction of sp³-hybridized carbons (Fsp3) is 1.00.